The first-order valence-corrected chi connectivity index (χ1v) is 9.48. The molecule has 0 unspecified atom stereocenters. The van der Waals surface area contributed by atoms with Crippen molar-refractivity contribution in [2.24, 2.45) is 5.10 Å². The van der Waals surface area contributed by atoms with Crippen LogP contribution in [0.25, 0.3) is 0 Å². The maximum atomic E-state index is 12.0. The van der Waals surface area contributed by atoms with E-state index in [0.717, 1.165) is 0 Å². The van der Waals surface area contributed by atoms with Crippen molar-refractivity contribution in [3.05, 3.63) is 88.4 Å². The molecule has 1 aromatic heterocycles. The van der Waals surface area contributed by atoms with Crippen LogP contribution in [0.2, 0.25) is 0 Å². The van der Waals surface area contributed by atoms with Crippen LogP contribution in [-0.4, -0.2) is 19.6 Å². The molecule has 0 atom stereocenters. The van der Waals surface area contributed by atoms with Gasteiger partial charge in [-0.05, 0) is 36.4 Å². The number of furan rings is 1. The molecule has 2 aromatic carbocycles. The van der Waals surface area contributed by atoms with Crippen molar-refractivity contribution in [3.8, 4) is 5.75 Å². The molecule has 0 aliphatic rings. The van der Waals surface area contributed by atoms with E-state index in [1.165, 1.54) is 42.6 Å². The van der Waals surface area contributed by atoms with Gasteiger partial charge in [0.05, 0.1) is 16.0 Å². The van der Waals surface area contributed by atoms with Gasteiger partial charge in [0, 0.05) is 12.1 Å². The Morgan fingerprint density at radius 2 is 1.79 bits per heavy atom. The number of rotatable bonds is 8. The van der Waals surface area contributed by atoms with Gasteiger partial charge in [-0.15, -0.1) is 0 Å². The first-order chi connectivity index (χ1) is 13.4. The van der Waals surface area contributed by atoms with Gasteiger partial charge in [0.15, 0.2) is 0 Å². The van der Waals surface area contributed by atoms with Crippen molar-refractivity contribution in [1.29, 1.82) is 0 Å². The normalized spacial score (nSPS) is 11.4. The summed E-state index contributed by atoms with van der Waals surface area (Å²) < 4.78 is 35.0. The molecule has 1 N–H and O–H groups in total. The molecule has 0 saturated heterocycles. The van der Waals surface area contributed by atoms with Gasteiger partial charge in [-0.3, -0.25) is 10.1 Å². The quantitative estimate of drug-likeness (QED) is 0.351. The molecule has 144 valence electrons. The number of nitro benzene ring substituents is 1. The van der Waals surface area contributed by atoms with E-state index < -0.39 is 14.9 Å². The van der Waals surface area contributed by atoms with Crippen LogP contribution in [0, 0.1) is 10.1 Å². The second-order valence-corrected chi connectivity index (χ2v) is 7.17. The van der Waals surface area contributed by atoms with E-state index in [4.69, 9.17) is 9.15 Å². The average molecular weight is 401 g/mol. The van der Waals surface area contributed by atoms with Crippen molar-refractivity contribution in [1.82, 2.24) is 4.83 Å². The molecule has 28 heavy (non-hydrogen) atoms. The Balaban J connectivity index is 1.55. The Kier molecular flexibility index (Phi) is 5.70. The molecule has 1 heterocycles. The summed E-state index contributed by atoms with van der Waals surface area (Å²) >= 11 is 0. The van der Waals surface area contributed by atoms with Crippen molar-refractivity contribution in [2.45, 2.75) is 11.5 Å². The van der Waals surface area contributed by atoms with Crippen LogP contribution in [0.3, 0.4) is 0 Å². The Morgan fingerprint density at radius 1 is 1.07 bits per heavy atom. The fourth-order valence-electron chi connectivity index (χ4n) is 2.17. The third kappa shape index (κ3) is 4.95. The Hall–Kier alpha value is -3.66. The number of hydrazone groups is 1. The Morgan fingerprint density at radius 3 is 2.46 bits per heavy atom. The molecule has 9 nitrogen and oxygen atoms in total. The van der Waals surface area contributed by atoms with Crippen LogP contribution in [0.1, 0.15) is 11.5 Å². The van der Waals surface area contributed by atoms with Gasteiger partial charge in [-0.1, -0.05) is 18.2 Å². The molecular formula is C18H15N3O6S. The minimum atomic E-state index is -3.74. The van der Waals surface area contributed by atoms with Gasteiger partial charge in [0.25, 0.3) is 15.7 Å². The standard InChI is InChI=1S/C18H15N3O6S/c22-21(23)14-6-8-15(9-7-14)26-13-17-11-10-16(27-17)12-19-20-28(24,25)18-4-2-1-3-5-18/h1-12,20H,13H2. The lowest BCUT2D eigenvalue weighted by molar-refractivity contribution is -0.384. The first kappa shape index (κ1) is 19.1. The van der Waals surface area contributed by atoms with Crippen LogP contribution in [-0.2, 0) is 16.6 Å². The van der Waals surface area contributed by atoms with Gasteiger partial charge < -0.3 is 9.15 Å². The van der Waals surface area contributed by atoms with Crippen LogP contribution >= 0.6 is 0 Å². The predicted molar refractivity (Wildman–Crippen MR) is 100 cm³/mol. The van der Waals surface area contributed by atoms with Gasteiger partial charge in [-0.25, -0.2) is 0 Å². The van der Waals surface area contributed by atoms with E-state index in [0.29, 0.717) is 17.3 Å². The number of nitro groups is 1. The molecule has 0 bridgehead atoms. The van der Waals surface area contributed by atoms with Gasteiger partial charge >= 0.3 is 0 Å². The number of non-ortho nitro benzene ring substituents is 1. The number of sulfonamides is 1. The number of nitrogens with one attached hydrogen (secondary N) is 1. The SMILES string of the molecule is O=[N+]([O-])c1ccc(OCc2ccc(C=NNS(=O)(=O)c3ccccc3)o2)cc1. The first-order valence-electron chi connectivity index (χ1n) is 8.00. The number of nitrogens with zero attached hydrogens (tertiary/aromatic N) is 2. The minimum Gasteiger partial charge on any atom is -0.486 e. The molecule has 0 spiro atoms. The largest absolute Gasteiger partial charge is 0.486 e. The number of hydrogen-bond acceptors (Lipinski definition) is 7. The molecule has 0 aliphatic heterocycles. The molecule has 0 amide bonds. The zero-order valence-electron chi connectivity index (χ0n) is 14.4. The van der Waals surface area contributed by atoms with E-state index in [-0.39, 0.29) is 17.2 Å². The fourth-order valence-corrected chi connectivity index (χ4v) is 2.98. The molecule has 0 fully saturated rings. The number of benzene rings is 2. The van der Waals surface area contributed by atoms with Gasteiger partial charge in [-0.2, -0.15) is 18.4 Å². The van der Waals surface area contributed by atoms with Gasteiger partial charge in [0.2, 0.25) is 0 Å². The maximum Gasteiger partial charge on any atom is 0.276 e. The second kappa shape index (κ2) is 8.35. The lowest BCUT2D eigenvalue weighted by atomic mass is 10.3. The highest BCUT2D eigenvalue weighted by atomic mass is 32.2. The molecular weight excluding hydrogens is 386 g/mol. The summed E-state index contributed by atoms with van der Waals surface area (Å²) in [7, 11) is -3.74. The monoisotopic (exact) mass is 401 g/mol. The number of hydrogen-bond donors (Lipinski definition) is 1. The average Bonchev–Trinajstić information content (AvgIpc) is 3.15. The van der Waals surface area contributed by atoms with Gasteiger partial charge in [0.1, 0.15) is 23.9 Å². The summed E-state index contributed by atoms with van der Waals surface area (Å²) in [5.41, 5.74) is -0.0261. The fraction of sp³-hybridized carbons (Fsp3) is 0.0556. The minimum absolute atomic E-state index is 0.0261. The van der Waals surface area contributed by atoms with E-state index in [1.54, 1.807) is 30.3 Å². The third-order valence-corrected chi connectivity index (χ3v) is 4.77. The van der Waals surface area contributed by atoms with Crippen LogP contribution in [0.15, 0.2) is 81.1 Å². The zero-order chi connectivity index (χ0) is 20.0. The highest BCUT2D eigenvalue weighted by Crippen LogP contribution is 2.19. The van der Waals surface area contributed by atoms with E-state index in [2.05, 4.69) is 9.93 Å². The maximum absolute atomic E-state index is 12.0. The highest BCUT2D eigenvalue weighted by molar-refractivity contribution is 7.89. The van der Waals surface area contributed by atoms with E-state index in [1.807, 2.05) is 0 Å². The predicted octanol–water partition coefficient (Wildman–Crippen LogP) is 3.08. The highest BCUT2D eigenvalue weighted by Gasteiger charge is 2.11. The summed E-state index contributed by atoms with van der Waals surface area (Å²) in [6.45, 7) is 0.0986. The summed E-state index contributed by atoms with van der Waals surface area (Å²) in [6, 6.07) is 16.8. The van der Waals surface area contributed by atoms with E-state index >= 15 is 0 Å². The Bertz CT molecular complexity index is 1080. The third-order valence-electron chi connectivity index (χ3n) is 3.53. The molecule has 0 aliphatic carbocycles. The van der Waals surface area contributed by atoms with Crippen molar-refractivity contribution < 1.29 is 22.5 Å². The van der Waals surface area contributed by atoms with E-state index in [9.17, 15) is 18.5 Å². The number of ether oxygens (including phenoxy) is 1. The summed E-state index contributed by atoms with van der Waals surface area (Å²) in [6.07, 6.45) is 1.23. The summed E-state index contributed by atoms with van der Waals surface area (Å²) in [4.78, 5) is 12.3. The van der Waals surface area contributed by atoms with Crippen LogP contribution < -0.4 is 9.57 Å². The smallest absolute Gasteiger partial charge is 0.276 e. The molecule has 0 radical (unpaired) electrons. The van der Waals surface area contributed by atoms with Crippen molar-refractivity contribution in [3.63, 3.8) is 0 Å². The second-order valence-electron chi connectivity index (χ2n) is 5.51. The van der Waals surface area contributed by atoms with Crippen molar-refractivity contribution in [2.75, 3.05) is 0 Å². The molecule has 3 aromatic rings. The lowest BCUT2D eigenvalue weighted by Crippen LogP contribution is -2.18. The topological polar surface area (TPSA) is 124 Å². The lowest BCUT2D eigenvalue weighted by Gasteiger charge is -2.03. The summed E-state index contributed by atoms with van der Waals surface area (Å²) in [5.74, 6) is 1.26. The molecule has 0 saturated carbocycles. The van der Waals surface area contributed by atoms with Crippen LogP contribution in [0.4, 0.5) is 5.69 Å². The zero-order valence-corrected chi connectivity index (χ0v) is 15.2. The van der Waals surface area contributed by atoms with Crippen molar-refractivity contribution >= 4 is 21.9 Å². The Labute approximate surface area is 160 Å². The van der Waals surface area contributed by atoms with Crippen LogP contribution in [0.5, 0.6) is 5.75 Å². The molecule has 10 heteroatoms. The molecule has 3 rings (SSSR count). The summed E-state index contributed by atoms with van der Waals surface area (Å²) in [5, 5.41) is 14.3.